The zero-order valence-electron chi connectivity index (χ0n) is 11.3. The molecule has 19 heavy (non-hydrogen) atoms. The fourth-order valence-electron chi connectivity index (χ4n) is 2.01. The lowest BCUT2D eigenvalue weighted by molar-refractivity contribution is -0.121. The van der Waals surface area contributed by atoms with E-state index in [2.05, 4.69) is 10.3 Å². The molecule has 1 aromatic heterocycles. The fraction of sp³-hybridized carbons (Fsp3) is 0.429. The number of fused-ring (bicyclic) bond motifs is 1. The molecule has 0 fully saturated rings. The van der Waals surface area contributed by atoms with Crippen molar-refractivity contribution in [2.75, 3.05) is 12.8 Å². The molecule has 1 heterocycles. The van der Waals surface area contributed by atoms with E-state index in [1.165, 1.54) is 0 Å². The summed E-state index contributed by atoms with van der Waals surface area (Å²) >= 11 is 1.71. The molecule has 0 spiro atoms. The van der Waals surface area contributed by atoms with Crippen molar-refractivity contribution in [1.29, 1.82) is 0 Å². The number of imidazole rings is 1. The maximum atomic E-state index is 11.9. The van der Waals surface area contributed by atoms with Crippen LogP contribution in [0.25, 0.3) is 11.0 Å². The number of benzene rings is 1. The molecule has 2 aromatic rings. The molecule has 1 N–H and O–H groups in total. The van der Waals surface area contributed by atoms with Gasteiger partial charge < -0.3 is 9.88 Å². The van der Waals surface area contributed by atoms with Crippen LogP contribution in [0, 0.1) is 0 Å². The minimum absolute atomic E-state index is 0.0485. The monoisotopic (exact) mass is 277 g/mol. The van der Waals surface area contributed by atoms with Crippen molar-refractivity contribution in [3.05, 3.63) is 30.1 Å². The second kappa shape index (κ2) is 6.61. The topological polar surface area (TPSA) is 46.9 Å². The second-order valence-corrected chi connectivity index (χ2v) is 5.25. The summed E-state index contributed by atoms with van der Waals surface area (Å²) in [6.45, 7) is 3.12. The molecule has 5 heteroatoms. The largest absolute Gasteiger partial charge is 0.355 e. The second-order valence-electron chi connectivity index (χ2n) is 4.39. The normalized spacial score (nSPS) is 10.8. The molecule has 0 saturated heterocycles. The summed E-state index contributed by atoms with van der Waals surface area (Å²) in [5.41, 5.74) is 1.98. The summed E-state index contributed by atoms with van der Waals surface area (Å²) < 4.78 is 2.01. The van der Waals surface area contributed by atoms with Gasteiger partial charge in [0, 0.05) is 6.54 Å². The van der Waals surface area contributed by atoms with Gasteiger partial charge in [-0.1, -0.05) is 19.1 Å². The van der Waals surface area contributed by atoms with Crippen molar-refractivity contribution in [2.45, 2.75) is 25.6 Å². The molecule has 0 aliphatic rings. The molecule has 1 amide bonds. The van der Waals surface area contributed by atoms with E-state index in [0.717, 1.165) is 35.6 Å². The van der Waals surface area contributed by atoms with Crippen LogP contribution in [0.2, 0.25) is 0 Å². The third-order valence-corrected chi connectivity index (χ3v) is 3.43. The van der Waals surface area contributed by atoms with Crippen molar-refractivity contribution in [3.8, 4) is 0 Å². The lowest BCUT2D eigenvalue weighted by Crippen LogP contribution is -2.28. The average molecular weight is 277 g/mol. The van der Waals surface area contributed by atoms with E-state index < -0.39 is 0 Å². The van der Waals surface area contributed by atoms with Crippen LogP contribution in [0.1, 0.15) is 19.2 Å². The lowest BCUT2D eigenvalue weighted by atomic mass is 10.3. The van der Waals surface area contributed by atoms with Gasteiger partial charge >= 0.3 is 0 Å². The number of nitrogens with one attached hydrogen (secondary N) is 1. The minimum Gasteiger partial charge on any atom is -0.355 e. The Bertz CT molecular complexity index is 565. The maximum absolute atomic E-state index is 11.9. The van der Waals surface area contributed by atoms with Crippen LogP contribution in [-0.2, 0) is 17.1 Å². The van der Waals surface area contributed by atoms with Crippen molar-refractivity contribution in [3.63, 3.8) is 0 Å². The zero-order chi connectivity index (χ0) is 13.7. The standard InChI is InChI=1S/C14H19N3OS/c1-3-8-15-14(18)9-17-12-7-5-4-6-11(12)16-13(17)10-19-2/h4-7H,3,8-10H2,1-2H3,(H,15,18). The molecule has 0 bridgehead atoms. The summed E-state index contributed by atoms with van der Waals surface area (Å²) in [4.78, 5) is 16.5. The van der Waals surface area contributed by atoms with Crippen molar-refractivity contribution in [1.82, 2.24) is 14.9 Å². The summed E-state index contributed by atoms with van der Waals surface area (Å²) in [6.07, 6.45) is 2.99. The predicted octanol–water partition coefficient (Wildman–Crippen LogP) is 2.43. The fourth-order valence-corrected chi connectivity index (χ4v) is 2.48. The highest BCUT2D eigenvalue weighted by Crippen LogP contribution is 2.18. The molecule has 2 rings (SSSR count). The van der Waals surface area contributed by atoms with E-state index in [9.17, 15) is 4.79 Å². The number of hydrogen-bond donors (Lipinski definition) is 1. The smallest absolute Gasteiger partial charge is 0.240 e. The van der Waals surface area contributed by atoms with Crippen molar-refractivity contribution >= 4 is 28.7 Å². The van der Waals surface area contributed by atoms with E-state index in [4.69, 9.17) is 0 Å². The van der Waals surface area contributed by atoms with Crippen LogP contribution < -0.4 is 5.32 Å². The maximum Gasteiger partial charge on any atom is 0.240 e. The highest BCUT2D eigenvalue weighted by molar-refractivity contribution is 7.97. The van der Waals surface area contributed by atoms with Crippen LogP contribution >= 0.6 is 11.8 Å². The number of aromatic nitrogens is 2. The van der Waals surface area contributed by atoms with Gasteiger partial charge in [0.05, 0.1) is 16.8 Å². The van der Waals surface area contributed by atoms with Gasteiger partial charge in [-0.3, -0.25) is 4.79 Å². The van der Waals surface area contributed by atoms with Gasteiger partial charge in [-0.25, -0.2) is 4.98 Å². The Hall–Kier alpha value is -1.49. The number of para-hydroxylation sites is 2. The minimum atomic E-state index is 0.0485. The Morgan fingerprint density at radius 2 is 2.21 bits per heavy atom. The lowest BCUT2D eigenvalue weighted by Gasteiger charge is -2.08. The predicted molar refractivity (Wildman–Crippen MR) is 80.3 cm³/mol. The quantitative estimate of drug-likeness (QED) is 0.882. The first-order valence-electron chi connectivity index (χ1n) is 6.46. The van der Waals surface area contributed by atoms with E-state index in [0.29, 0.717) is 6.54 Å². The van der Waals surface area contributed by atoms with Crippen molar-refractivity contribution in [2.24, 2.45) is 0 Å². The Labute approximate surface area is 117 Å². The zero-order valence-corrected chi connectivity index (χ0v) is 12.2. The van der Waals surface area contributed by atoms with Gasteiger partial charge in [-0.15, -0.1) is 0 Å². The highest BCUT2D eigenvalue weighted by atomic mass is 32.2. The number of carbonyl (C=O) groups is 1. The molecule has 102 valence electrons. The van der Waals surface area contributed by atoms with Gasteiger partial charge in [-0.2, -0.15) is 11.8 Å². The number of nitrogens with zero attached hydrogens (tertiary/aromatic N) is 2. The Morgan fingerprint density at radius 3 is 2.95 bits per heavy atom. The molecule has 0 aliphatic heterocycles. The molecular weight excluding hydrogens is 258 g/mol. The van der Waals surface area contributed by atoms with E-state index in [-0.39, 0.29) is 5.91 Å². The number of carbonyl (C=O) groups excluding carboxylic acids is 1. The van der Waals surface area contributed by atoms with Crippen LogP contribution in [0.5, 0.6) is 0 Å². The Balaban J connectivity index is 2.28. The summed E-state index contributed by atoms with van der Waals surface area (Å²) in [5, 5.41) is 2.91. The number of thioether (sulfide) groups is 1. The first kappa shape index (κ1) is 13.9. The summed E-state index contributed by atoms with van der Waals surface area (Å²) in [6, 6.07) is 7.95. The van der Waals surface area contributed by atoms with Crippen LogP contribution in [0.3, 0.4) is 0 Å². The molecule has 0 aliphatic carbocycles. The molecule has 0 radical (unpaired) electrons. The molecule has 1 aromatic carbocycles. The third-order valence-electron chi connectivity index (χ3n) is 2.88. The molecule has 0 saturated carbocycles. The van der Waals surface area contributed by atoms with Crippen LogP contribution in [0.4, 0.5) is 0 Å². The van der Waals surface area contributed by atoms with E-state index in [1.54, 1.807) is 11.8 Å². The molecular formula is C14H19N3OS. The molecule has 0 unspecified atom stereocenters. The number of rotatable bonds is 6. The highest BCUT2D eigenvalue weighted by Gasteiger charge is 2.12. The Morgan fingerprint density at radius 1 is 1.42 bits per heavy atom. The van der Waals surface area contributed by atoms with Gasteiger partial charge in [0.25, 0.3) is 0 Å². The molecule has 0 atom stereocenters. The summed E-state index contributed by atoms with van der Waals surface area (Å²) in [5.74, 6) is 1.82. The SMILES string of the molecule is CCCNC(=O)Cn1c(CSC)nc2ccccc21. The van der Waals surface area contributed by atoms with Crippen molar-refractivity contribution < 1.29 is 4.79 Å². The molecule has 4 nitrogen and oxygen atoms in total. The summed E-state index contributed by atoms with van der Waals surface area (Å²) in [7, 11) is 0. The van der Waals surface area contributed by atoms with Gasteiger partial charge in [-0.05, 0) is 24.8 Å². The average Bonchev–Trinajstić information content (AvgIpc) is 2.75. The van der Waals surface area contributed by atoms with Gasteiger partial charge in [0.1, 0.15) is 12.4 Å². The van der Waals surface area contributed by atoms with Crippen LogP contribution in [0.15, 0.2) is 24.3 Å². The number of hydrogen-bond acceptors (Lipinski definition) is 3. The third kappa shape index (κ3) is 3.29. The van der Waals surface area contributed by atoms with Crippen LogP contribution in [-0.4, -0.2) is 28.3 Å². The number of amides is 1. The first-order valence-corrected chi connectivity index (χ1v) is 7.85. The van der Waals surface area contributed by atoms with E-state index in [1.807, 2.05) is 42.0 Å². The Kier molecular flexibility index (Phi) is 4.85. The van der Waals surface area contributed by atoms with E-state index >= 15 is 0 Å². The first-order chi connectivity index (χ1) is 9.26. The van der Waals surface area contributed by atoms with Gasteiger partial charge in [0.2, 0.25) is 5.91 Å². The van der Waals surface area contributed by atoms with Gasteiger partial charge in [0.15, 0.2) is 0 Å².